The number of carbonyl (C=O) groups is 1. The zero-order valence-electron chi connectivity index (χ0n) is 15.1. The van der Waals surface area contributed by atoms with E-state index in [2.05, 4.69) is 0 Å². The molecule has 0 amide bonds. The van der Waals surface area contributed by atoms with Gasteiger partial charge in [-0.05, 0) is 37.5 Å². The number of carboxylic acids is 1. The molecule has 1 aromatic carbocycles. The minimum absolute atomic E-state index is 0.197. The lowest BCUT2D eigenvalue weighted by Gasteiger charge is -2.11. The van der Waals surface area contributed by atoms with Crippen molar-refractivity contribution in [1.82, 2.24) is 4.57 Å². The first-order valence-electron chi connectivity index (χ1n) is 8.83. The average Bonchev–Trinajstić information content (AvgIpc) is 2.64. The highest BCUT2D eigenvalue weighted by Crippen LogP contribution is 2.16. The van der Waals surface area contributed by atoms with E-state index >= 15 is 0 Å². The van der Waals surface area contributed by atoms with Gasteiger partial charge >= 0.3 is 5.97 Å². The minimum Gasteiger partial charge on any atom is -0.477 e. The lowest BCUT2D eigenvalue weighted by Crippen LogP contribution is -2.18. The first kappa shape index (κ1) is 20.1. The van der Waals surface area contributed by atoms with Gasteiger partial charge < -0.3 is 24.9 Å². The van der Waals surface area contributed by atoms with Crippen LogP contribution in [0, 0.1) is 0 Å². The Morgan fingerprint density at radius 3 is 2.58 bits per heavy atom. The zero-order chi connectivity index (χ0) is 18.9. The molecular formula is C19H26N2O5. The summed E-state index contributed by atoms with van der Waals surface area (Å²) in [4.78, 5) is 23.8. The van der Waals surface area contributed by atoms with E-state index in [1.807, 2.05) is 19.1 Å². The molecule has 3 N–H and O–H groups in total. The Morgan fingerprint density at radius 1 is 1.19 bits per heavy atom. The fourth-order valence-electron chi connectivity index (χ4n) is 2.80. The number of aryl methyl sites for hydroxylation is 2. The van der Waals surface area contributed by atoms with Crippen molar-refractivity contribution in [2.75, 3.05) is 33.0 Å². The van der Waals surface area contributed by atoms with Crippen molar-refractivity contribution in [3.8, 4) is 0 Å². The Hall–Kier alpha value is -2.22. The summed E-state index contributed by atoms with van der Waals surface area (Å²) in [6, 6.07) is 5.64. The van der Waals surface area contributed by atoms with Gasteiger partial charge in [0.15, 0.2) is 0 Å². The van der Waals surface area contributed by atoms with Crippen molar-refractivity contribution in [2.24, 2.45) is 5.73 Å². The molecule has 2 aromatic rings. The summed E-state index contributed by atoms with van der Waals surface area (Å²) in [6.45, 7) is 5.20. The minimum atomic E-state index is -1.20. The van der Waals surface area contributed by atoms with E-state index in [9.17, 15) is 14.7 Å². The summed E-state index contributed by atoms with van der Waals surface area (Å²) >= 11 is 0. The van der Waals surface area contributed by atoms with Crippen molar-refractivity contribution < 1.29 is 19.4 Å². The second-order valence-electron chi connectivity index (χ2n) is 5.93. The number of carboxylic acid groups (broad SMARTS) is 1. The van der Waals surface area contributed by atoms with Crippen molar-refractivity contribution in [2.45, 2.75) is 26.3 Å². The largest absolute Gasteiger partial charge is 0.477 e. The number of rotatable bonds is 11. The van der Waals surface area contributed by atoms with Crippen LogP contribution in [-0.2, 0) is 22.4 Å². The molecule has 0 bridgehead atoms. The Kier molecular flexibility index (Phi) is 7.77. The third-order valence-corrected chi connectivity index (χ3v) is 4.10. The highest BCUT2D eigenvalue weighted by molar-refractivity contribution is 5.92. The van der Waals surface area contributed by atoms with E-state index < -0.39 is 11.4 Å². The van der Waals surface area contributed by atoms with Gasteiger partial charge in [-0.15, -0.1) is 0 Å². The standard InChI is InChI=1S/C19H26N2O5/c1-2-21-13-16(19(23)24)18(22)15-12-14(5-6-17(15)21)4-3-8-25-10-11-26-9-7-20/h5-6,12-13H,2-4,7-11,20H2,1H3,(H,23,24). The summed E-state index contributed by atoms with van der Waals surface area (Å²) < 4.78 is 12.5. The molecule has 0 aliphatic rings. The molecule has 142 valence electrons. The molecule has 2 rings (SSSR count). The monoisotopic (exact) mass is 362 g/mol. The number of benzene rings is 1. The second-order valence-corrected chi connectivity index (χ2v) is 5.93. The molecule has 0 spiro atoms. The van der Waals surface area contributed by atoms with Crippen molar-refractivity contribution >= 4 is 16.9 Å². The number of pyridine rings is 1. The van der Waals surface area contributed by atoms with Gasteiger partial charge in [-0.2, -0.15) is 0 Å². The molecule has 7 heteroatoms. The highest BCUT2D eigenvalue weighted by Gasteiger charge is 2.14. The van der Waals surface area contributed by atoms with Crippen LogP contribution >= 0.6 is 0 Å². The number of aromatic nitrogens is 1. The zero-order valence-corrected chi connectivity index (χ0v) is 15.1. The predicted octanol–water partition coefficient (Wildman–Crippen LogP) is 1.64. The number of ether oxygens (including phenoxy) is 2. The lowest BCUT2D eigenvalue weighted by atomic mass is 10.0. The number of fused-ring (bicyclic) bond motifs is 1. The normalized spacial score (nSPS) is 11.2. The first-order valence-corrected chi connectivity index (χ1v) is 8.83. The number of hydrogen-bond acceptors (Lipinski definition) is 5. The number of nitrogens with two attached hydrogens (primary N) is 1. The van der Waals surface area contributed by atoms with Gasteiger partial charge in [-0.25, -0.2) is 4.79 Å². The van der Waals surface area contributed by atoms with Gasteiger partial charge in [0.25, 0.3) is 0 Å². The molecule has 0 saturated carbocycles. The molecule has 0 aliphatic heterocycles. The molecule has 0 unspecified atom stereocenters. The molecule has 0 saturated heterocycles. The average molecular weight is 362 g/mol. The Bertz CT molecular complexity index is 800. The fraction of sp³-hybridized carbons (Fsp3) is 0.474. The van der Waals surface area contributed by atoms with Crippen LogP contribution in [-0.4, -0.2) is 48.6 Å². The number of nitrogens with zero attached hydrogens (tertiary/aromatic N) is 1. The quantitative estimate of drug-likeness (QED) is 0.589. The molecule has 0 radical (unpaired) electrons. The molecular weight excluding hydrogens is 336 g/mol. The summed E-state index contributed by atoms with van der Waals surface area (Å²) in [5, 5.41) is 9.69. The molecule has 7 nitrogen and oxygen atoms in total. The lowest BCUT2D eigenvalue weighted by molar-refractivity contribution is 0.0499. The SMILES string of the molecule is CCn1cc(C(=O)O)c(=O)c2cc(CCCOCCOCCN)ccc21. The molecule has 26 heavy (non-hydrogen) atoms. The third-order valence-electron chi connectivity index (χ3n) is 4.10. The van der Waals surface area contributed by atoms with E-state index in [0.717, 1.165) is 23.9 Å². The topological polar surface area (TPSA) is 104 Å². The molecule has 1 heterocycles. The Labute approximate surface area is 152 Å². The van der Waals surface area contributed by atoms with Gasteiger partial charge in [0.05, 0.1) is 25.3 Å². The summed E-state index contributed by atoms with van der Waals surface area (Å²) in [5.74, 6) is -1.20. The summed E-state index contributed by atoms with van der Waals surface area (Å²) in [6.07, 6.45) is 2.97. The smallest absolute Gasteiger partial charge is 0.341 e. The summed E-state index contributed by atoms with van der Waals surface area (Å²) in [5.41, 5.74) is 6.43. The van der Waals surface area contributed by atoms with Gasteiger partial charge in [0, 0.05) is 31.3 Å². The predicted molar refractivity (Wildman–Crippen MR) is 99.9 cm³/mol. The number of hydrogen-bond donors (Lipinski definition) is 2. The summed E-state index contributed by atoms with van der Waals surface area (Å²) in [7, 11) is 0. The molecule has 0 atom stereocenters. The van der Waals surface area contributed by atoms with Crippen molar-refractivity contribution in [3.63, 3.8) is 0 Å². The molecule has 0 aliphatic carbocycles. The van der Waals surface area contributed by atoms with E-state index in [0.29, 0.717) is 44.9 Å². The molecule has 1 aromatic heterocycles. The maximum Gasteiger partial charge on any atom is 0.341 e. The van der Waals surface area contributed by atoms with Crippen LogP contribution in [0.1, 0.15) is 29.3 Å². The third kappa shape index (κ3) is 5.14. The van der Waals surface area contributed by atoms with Crippen molar-refractivity contribution in [1.29, 1.82) is 0 Å². The van der Waals surface area contributed by atoms with Crippen LogP contribution in [0.5, 0.6) is 0 Å². The first-order chi connectivity index (χ1) is 12.6. The van der Waals surface area contributed by atoms with Crippen LogP contribution in [0.4, 0.5) is 0 Å². The van der Waals surface area contributed by atoms with Gasteiger partial charge in [-0.3, -0.25) is 4.79 Å². The van der Waals surface area contributed by atoms with Gasteiger partial charge in [-0.1, -0.05) is 6.07 Å². The van der Waals surface area contributed by atoms with E-state index in [-0.39, 0.29) is 5.56 Å². The Balaban J connectivity index is 2.03. The number of aromatic carboxylic acids is 1. The van der Waals surface area contributed by atoms with Crippen LogP contribution in [0.15, 0.2) is 29.2 Å². The van der Waals surface area contributed by atoms with Gasteiger partial charge in [0.2, 0.25) is 5.43 Å². The Morgan fingerprint density at radius 2 is 1.92 bits per heavy atom. The second kappa shape index (κ2) is 10.1. The van der Waals surface area contributed by atoms with Crippen molar-refractivity contribution in [3.05, 3.63) is 45.7 Å². The van der Waals surface area contributed by atoms with Crippen LogP contribution in [0.3, 0.4) is 0 Å². The van der Waals surface area contributed by atoms with Crippen LogP contribution in [0.25, 0.3) is 10.9 Å². The van der Waals surface area contributed by atoms with Crippen LogP contribution < -0.4 is 11.2 Å². The highest BCUT2D eigenvalue weighted by atomic mass is 16.5. The van der Waals surface area contributed by atoms with E-state index in [4.69, 9.17) is 15.2 Å². The van der Waals surface area contributed by atoms with E-state index in [1.165, 1.54) is 6.20 Å². The fourth-order valence-corrected chi connectivity index (χ4v) is 2.80. The van der Waals surface area contributed by atoms with Gasteiger partial charge in [0.1, 0.15) is 5.56 Å². The maximum absolute atomic E-state index is 12.5. The molecule has 0 fully saturated rings. The maximum atomic E-state index is 12.5. The van der Waals surface area contributed by atoms with E-state index in [1.54, 1.807) is 10.6 Å². The van der Waals surface area contributed by atoms with Crippen LogP contribution in [0.2, 0.25) is 0 Å².